The second-order valence-corrected chi connectivity index (χ2v) is 4.42. The van der Waals surface area contributed by atoms with E-state index in [0.717, 1.165) is 38.7 Å². The lowest BCUT2D eigenvalue weighted by molar-refractivity contribution is -0.152. The zero-order valence-corrected chi connectivity index (χ0v) is 7.75. The van der Waals surface area contributed by atoms with Crippen molar-refractivity contribution < 1.29 is 9.84 Å². The SMILES string of the molecule is C[C@]12CCCO[C@H]1CCC[C@H]2O. The average Bonchev–Trinajstić information content (AvgIpc) is 2.07. The lowest BCUT2D eigenvalue weighted by Crippen LogP contribution is -2.50. The number of ether oxygens (including phenoxy) is 1. The number of hydrogen-bond donors (Lipinski definition) is 1. The van der Waals surface area contributed by atoms with Gasteiger partial charge in [0.05, 0.1) is 12.2 Å². The van der Waals surface area contributed by atoms with Crippen molar-refractivity contribution >= 4 is 0 Å². The zero-order chi connectivity index (χ0) is 8.60. The monoisotopic (exact) mass is 170 g/mol. The molecule has 1 saturated heterocycles. The Morgan fingerprint density at radius 3 is 2.92 bits per heavy atom. The van der Waals surface area contributed by atoms with Crippen LogP contribution in [0.4, 0.5) is 0 Å². The Kier molecular flexibility index (Phi) is 2.13. The highest BCUT2D eigenvalue weighted by molar-refractivity contribution is 4.95. The fraction of sp³-hybridized carbons (Fsp3) is 1.00. The fourth-order valence-electron chi connectivity index (χ4n) is 2.65. The van der Waals surface area contributed by atoms with E-state index in [1.807, 2.05) is 0 Å². The Balaban J connectivity index is 2.14. The topological polar surface area (TPSA) is 29.5 Å². The van der Waals surface area contributed by atoms with Crippen molar-refractivity contribution in [1.82, 2.24) is 0 Å². The van der Waals surface area contributed by atoms with Crippen LogP contribution in [0, 0.1) is 5.41 Å². The smallest absolute Gasteiger partial charge is 0.0653 e. The number of rotatable bonds is 0. The van der Waals surface area contributed by atoms with Gasteiger partial charge in [-0.1, -0.05) is 6.92 Å². The first-order valence-corrected chi connectivity index (χ1v) is 5.03. The maximum absolute atomic E-state index is 9.88. The third-order valence-corrected chi connectivity index (χ3v) is 3.62. The van der Waals surface area contributed by atoms with Crippen LogP contribution in [0.3, 0.4) is 0 Å². The van der Waals surface area contributed by atoms with Crippen molar-refractivity contribution in [1.29, 1.82) is 0 Å². The van der Waals surface area contributed by atoms with Crippen LogP contribution >= 0.6 is 0 Å². The third kappa shape index (κ3) is 1.17. The summed E-state index contributed by atoms with van der Waals surface area (Å²) in [6.07, 6.45) is 5.69. The molecule has 1 aliphatic heterocycles. The molecule has 0 spiro atoms. The van der Waals surface area contributed by atoms with E-state index >= 15 is 0 Å². The average molecular weight is 170 g/mol. The molecule has 0 unspecified atom stereocenters. The summed E-state index contributed by atoms with van der Waals surface area (Å²) < 4.78 is 5.70. The lowest BCUT2D eigenvalue weighted by atomic mass is 9.67. The van der Waals surface area contributed by atoms with Crippen molar-refractivity contribution in [2.24, 2.45) is 5.41 Å². The van der Waals surface area contributed by atoms with E-state index in [1.54, 1.807) is 0 Å². The largest absolute Gasteiger partial charge is 0.392 e. The van der Waals surface area contributed by atoms with E-state index in [-0.39, 0.29) is 11.5 Å². The summed E-state index contributed by atoms with van der Waals surface area (Å²) in [4.78, 5) is 0. The molecule has 2 fully saturated rings. The van der Waals surface area contributed by atoms with Gasteiger partial charge >= 0.3 is 0 Å². The lowest BCUT2D eigenvalue weighted by Gasteiger charge is -2.47. The minimum absolute atomic E-state index is 0.0660. The third-order valence-electron chi connectivity index (χ3n) is 3.62. The van der Waals surface area contributed by atoms with Gasteiger partial charge in [-0.25, -0.2) is 0 Å². The predicted molar refractivity (Wildman–Crippen MR) is 46.9 cm³/mol. The molecule has 2 aliphatic rings. The summed E-state index contributed by atoms with van der Waals surface area (Å²) in [6, 6.07) is 0. The fourth-order valence-corrected chi connectivity index (χ4v) is 2.65. The molecule has 0 aromatic carbocycles. The summed E-state index contributed by atoms with van der Waals surface area (Å²) in [6.45, 7) is 3.08. The molecule has 12 heavy (non-hydrogen) atoms. The Bertz CT molecular complexity index is 167. The van der Waals surface area contributed by atoms with Crippen LogP contribution in [0.5, 0.6) is 0 Å². The van der Waals surface area contributed by atoms with Gasteiger partial charge in [-0.2, -0.15) is 0 Å². The number of aliphatic hydroxyl groups excluding tert-OH is 1. The highest BCUT2D eigenvalue weighted by atomic mass is 16.5. The van der Waals surface area contributed by atoms with Crippen LogP contribution in [-0.4, -0.2) is 23.9 Å². The zero-order valence-electron chi connectivity index (χ0n) is 7.75. The van der Waals surface area contributed by atoms with Gasteiger partial charge in [-0.15, -0.1) is 0 Å². The van der Waals surface area contributed by atoms with Crippen LogP contribution in [0.15, 0.2) is 0 Å². The quantitative estimate of drug-likeness (QED) is 0.599. The number of hydrogen-bond acceptors (Lipinski definition) is 2. The van der Waals surface area contributed by atoms with Crippen LogP contribution < -0.4 is 0 Å². The Morgan fingerprint density at radius 2 is 2.17 bits per heavy atom. The molecule has 1 N–H and O–H groups in total. The van der Waals surface area contributed by atoms with Crippen LogP contribution in [-0.2, 0) is 4.74 Å². The minimum atomic E-state index is -0.128. The van der Waals surface area contributed by atoms with Crippen molar-refractivity contribution in [3.05, 3.63) is 0 Å². The van der Waals surface area contributed by atoms with Crippen LogP contribution in [0.2, 0.25) is 0 Å². The molecule has 2 heteroatoms. The molecule has 2 rings (SSSR count). The maximum atomic E-state index is 9.88. The minimum Gasteiger partial charge on any atom is -0.392 e. The highest BCUT2D eigenvalue weighted by Crippen LogP contribution is 2.44. The first kappa shape index (κ1) is 8.52. The van der Waals surface area contributed by atoms with E-state index in [0.29, 0.717) is 6.10 Å². The van der Waals surface area contributed by atoms with E-state index in [2.05, 4.69) is 6.92 Å². The van der Waals surface area contributed by atoms with Crippen molar-refractivity contribution in [3.63, 3.8) is 0 Å². The Labute approximate surface area is 73.9 Å². The molecule has 0 bridgehead atoms. The van der Waals surface area contributed by atoms with E-state index in [9.17, 15) is 5.11 Å². The second-order valence-electron chi connectivity index (χ2n) is 4.42. The summed E-state index contributed by atoms with van der Waals surface area (Å²) in [5.74, 6) is 0. The summed E-state index contributed by atoms with van der Waals surface area (Å²) in [5, 5.41) is 9.88. The molecule has 0 aromatic heterocycles. The highest BCUT2D eigenvalue weighted by Gasteiger charge is 2.45. The molecule has 0 amide bonds. The molecule has 1 heterocycles. The van der Waals surface area contributed by atoms with Gasteiger partial charge in [-0.3, -0.25) is 0 Å². The molecule has 1 aliphatic carbocycles. The molecule has 1 saturated carbocycles. The van der Waals surface area contributed by atoms with Gasteiger partial charge in [-0.05, 0) is 32.1 Å². The van der Waals surface area contributed by atoms with E-state index in [4.69, 9.17) is 4.74 Å². The van der Waals surface area contributed by atoms with Gasteiger partial charge in [0.15, 0.2) is 0 Å². The predicted octanol–water partition coefficient (Wildman–Crippen LogP) is 1.72. The van der Waals surface area contributed by atoms with Gasteiger partial charge in [0.25, 0.3) is 0 Å². The molecule has 2 nitrogen and oxygen atoms in total. The standard InChI is InChI=1S/C10H18O2/c1-10-6-3-7-12-9(10)5-2-4-8(10)11/h8-9,11H,2-7H2,1H3/t8-,9+,10-/m1/s1. The summed E-state index contributed by atoms with van der Waals surface area (Å²) in [7, 11) is 0. The van der Waals surface area contributed by atoms with Crippen LogP contribution in [0.1, 0.15) is 39.0 Å². The first-order chi connectivity index (χ1) is 5.73. The van der Waals surface area contributed by atoms with Gasteiger partial charge < -0.3 is 9.84 Å². The second kappa shape index (κ2) is 3.00. The number of fused-ring (bicyclic) bond motifs is 1. The van der Waals surface area contributed by atoms with Crippen molar-refractivity contribution in [3.8, 4) is 0 Å². The van der Waals surface area contributed by atoms with Gasteiger partial charge in [0.1, 0.15) is 0 Å². The Morgan fingerprint density at radius 1 is 1.33 bits per heavy atom. The molecule has 70 valence electrons. The summed E-state index contributed by atoms with van der Waals surface area (Å²) >= 11 is 0. The van der Waals surface area contributed by atoms with Gasteiger partial charge in [0.2, 0.25) is 0 Å². The summed E-state index contributed by atoms with van der Waals surface area (Å²) in [5.41, 5.74) is 0.0660. The molecule has 3 atom stereocenters. The van der Waals surface area contributed by atoms with E-state index in [1.165, 1.54) is 0 Å². The molecular formula is C10H18O2. The Hall–Kier alpha value is -0.0800. The molecule has 0 radical (unpaired) electrons. The molecule has 0 aromatic rings. The number of aliphatic hydroxyl groups is 1. The van der Waals surface area contributed by atoms with E-state index < -0.39 is 0 Å². The van der Waals surface area contributed by atoms with Gasteiger partial charge in [0, 0.05) is 12.0 Å². The first-order valence-electron chi connectivity index (χ1n) is 5.03. The molecular weight excluding hydrogens is 152 g/mol. The maximum Gasteiger partial charge on any atom is 0.0653 e. The van der Waals surface area contributed by atoms with Crippen molar-refractivity contribution in [2.75, 3.05) is 6.61 Å². The van der Waals surface area contributed by atoms with Crippen molar-refractivity contribution in [2.45, 2.75) is 51.2 Å². The normalized spacial score (nSPS) is 48.5. The van der Waals surface area contributed by atoms with Crippen LogP contribution in [0.25, 0.3) is 0 Å².